The Kier molecular flexibility index (Phi) is 6.77. The van der Waals surface area contributed by atoms with E-state index in [1.807, 2.05) is 0 Å². The van der Waals surface area contributed by atoms with Crippen LogP contribution in [0.2, 0.25) is 0 Å². The summed E-state index contributed by atoms with van der Waals surface area (Å²) in [5.74, 6) is -0.219. The number of nitrogens with zero attached hydrogens (tertiary/aromatic N) is 2. The van der Waals surface area contributed by atoms with Crippen molar-refractivity contribution in [3.8, 4) is 0 Å². The van der Waals surface area contributed by atoms with Crippen LogP contribution < -0.4 is 10.6 Å². The van der Waals surface area contributed by atoms with Crippen LogP contribution in [0.25, 0.3) is 0 Å². The number of hydrogen-bond donors (Lipinski definition) is 2. The minimum Gasteiger partial charge on any atom is -0.354 e. The van der Waals surface area contributed by atoms with Crippen molar-refractivity contribution in [1.29, 1.82) is 0 Å². The Morgan fingerprint density at radius 1 is 1.36 bits per heavy atom. The lowest BCUT2D eigenvalue weighted by molar-refractivity contribution is -0.137. The highest BCUT2D eigenvalue weighted by atomic mass is 35.5. The summed E-state index contributed by atoms with van der Waals surface area (Å²) in [7, 11) is 3.45. The second-order valence-corrected chi connectivity index (χ2v) is 7.10. The Morgan fingerprint density at radius 2 is 2.07 bits per heavy atom. The minimum absolute atomic E-state index is 0. The summed E-state index contributed by atoms with van der Waals surface area (Å²) in [5.41, 5.74) is 0.274. The predicted octanol–water partition coefficient (Wildman–Crippen LogP) is 3.36. The number of likely N-dealkylation sites (N-methyl/N-ethyl adjacent to an activating group) is 1. The molecule has 0 aliphatic heterocycles. The molecule has 9 heteroatoms. The van der Waals surface area contributed by atoms with Crippen LogP contribution in [-0.2, 0) is 23.4 Å². The van der Waals surface area contributed by atoms with Gasteiger partial charge in [0.05, 0.1) is 11.8 Å². The SMILES string of the molecule is CNC(C(=O)NCC1(c2cccc(C(F)(F)F)c2)CCC1)c1cnn(C)c1.Cl. The highest BCUT2D eigenvalue weighted by molar-refractivity contribution is 5.85. The number of halogens is 4. The van der Waals surface area contributed by atoms with E-state index in [2.05, 4.69) is 15.7 Å². The van der Waals surface area contributed by atoms with Gasteiger partial charge in [-0.15, -0.1) is 12.4 Å². The number of alkyl halides is 3. The van der Waals surface area contributed by atoms with Crippen LogP contribution in [0.3, 0.4) is 0 Å². The molecule has 28 heavy (non-hydrogen) atoms. The van der Waals surface area contributed by atoms with E-state index in [4.69, 9.17) is 0 Å². The summed E-state index contributed by atoms with van der Waals surface area (Å²) >= 11 is 0. The maximum absolute atomic E-state index is 13.0. The fourth-order valence-corrected chi connectivity index (χ4v) is 3.59. The molecule has 1 heterocycles. The van der Waals surface area contributed by atoms with Gasteiger partial charge in [0.2, 0.25) is 5.91 Å². The standard InChI is InChI=1S/C19H23F3N4O.ClH/c1-23-16(13-10-25-26(2)11-13)17(27)24-12-18(7-4-8-18)14-5-3-6-15(9-14)19(20,21)22;/h3,5-6,9-11,16,23H,4,7-8,12H2,1-2H3,(H,24,27);1H. The van der Waals surface area contributed by atoms with Crippen molar-refractivity contribution in [2.45, 2.75) is 36.9 Å². The molecule has 2 N–H and O–H groups in total. The molecule has 154 valence electrons. The van der Waals surface area contributed by atoms with Crippen LogP contribution in [0.4, 0.5) is 13.2 Å². The molecule has 1 saturated carbocycles. The van der Waals surface area contributed by atoms with E-state index < -0.39 is 23.2 Å². The van der Waals surface area contributed by atoms with Crippen molar-refractivity contribution in [2.24, 2.45) is 7.05 Å². The second kappa shape index (κ2) is 8.53. The van der Waals surface area contributed by atoms with Crippen LogP contribution in [0.15, 0.2) is 36.7 Å². The van der Waals surface area contributed by atoms with Crippen molar-refractivity contribution < 1.29 is 18.0 Å². The maximum atomic E-state index is 13.0. The van der Waals surface area contributed by atoms with Crippen molar-refractivity contribution in [1.82, 2.24) is 20.4 Å². The maximum Gasteiger partial charge on any atom is 0.416 e. The number of carbonyl (C=O) groups excluding carboxylic acids is 1. The fourth-order valence-electron chi connectivity index (χ4n) is 3.59. The van der Waals surface area contributed by atoms with Crippen LogP contribution in [0.1, 0.15) is 42.0 Å². The predicted molar refractivity (Wildman–Crippen MR) is 102 cm³/mol. The third-order valence-electron chi connectivity index (χ3n) is 5.32. The van der Waals surface area contributed by atoms with Gasteiger partial charge >= 0.3 is 6.18 Å². The Bertz CT molecular complexity index is 818. The van der Waals surface area contributed by atoms with Gasteiger partial charge < -0.3 is 10.6 Å². The molecule has 1 aromatic carbocycles. The number of carbonyl (C=O) groups is 1. The molecule has 0 saturated heterocycles. The molecule has 0 radical (unpaired) electrons. The molecule has 1 atom stereocenters. The monoisotopic (exact) mass is 416 g/mol. The smallest absolute Gasteiger partial charge is 0.354 e. The summed E-state index contributed by atoms with van der Waals surface area (Å²) in [6.45, 7) is 0.311. The third kappa shape index (κ3) is 4.50. The number of benzene rings is 1. The first kappa shape index (κ1) is 22.2. The van der Waals surface area contributed by atoms with Gasteiger partial charge in [-0.3, -0.25) is 9.48 Å². The zero-order valence-electron chi connectivity index (χ0n) is 15.7. The number of amides is 1. The molecule has 1 unspecified atom stereocenters. The molecule has 5 nitrogen and oxygen atoms in total. The second-order valence-electron chi connectivity index (χ2n) is 7.10. The lowest BCUT2D eigenvalue weighted by Crippen LogP contribution is -2.48. The molecule has 1 fully saturated rings. The van der Waals surface area contributed by atoms with E-state index in [1.54, 1.807) is 37.2 Å². The summed E-state index contributed by atoms with van der Waals surface area (Å²) in [6, 6.07) is 4.89. The first-order valence-electron chi connectivity index (χ1n) is 8.86. The van der Waals surface area contributed by atoms with Crippen molar-refractivity contribution >= 4 is 18.3 Å². The molecule has 1 amide bonds. The quantitative estimate of drug-likeness (QED) is 0.759. The summed E-state index contributed by atoms with van der Waals surface area (Å²) < 4.78 is 40.8. The number of aryl methyl sites for hydroxylation is 1. The lowest BCUT2D eigenvalue weighted by atomic mass is 9.64. The Hall–Kier alpha value is -2.06. The van der Waals surface area contributed by atoms with E-state index in [-0.39, 0.29) is 18.3 Å². The molecule has 3 rings (SSSR count). The minimum atomic E-state index is -4.37. The highest BCUT2D eigenvalue weighted by Crippen LogP contribution is 2.44. The average molecular weight is 417 g/mol. The molecular formula is C19H24ClF3N4O. The van der Waals surface area contributed by atoms with Gasteiger partial charge in [-0.1, -0.05) is 24.6 Å². The summed E-state index contributed by atoms with van der Waals surface area (Å²) in [5, 5.41) is 9.95. The van der Waals surface area contributed by atoms with Gasteiger partial charge in [0.15, 0.2) is 0 Å². The van der Waals surface area contributed by atoms with Gasteiger partial charge in [0.25, 0.3) is 0 Å². The topological polar surface area (TPSA) is 59.0 Å². The molecule has 0 bridgehead atoms. The van der Waals surface area contributed by atoms with Crippen molar-refractivity contribution in [3.63, 3.8) is 0 Å². The van der Waals surface area contributed by atoms with Crippen molar-refractivity contribution in [3.05, 3.63) is 53.3 Å². The molecular weight excluding hydrogens is 393 g/mol. The first-order valence-corrected chi connectivity index (χ1v) is 8.86. The highest BCUT2D eigenvalue weighted by Gasteiger charge is 2.41. The van der Waals surface area contributed by atoms with E-state index >= 15 is 0 Å². The third-order valence-corrected chi connectivity index (χ3v) is 5.32. The zero-order valence-corrected chi connectivity index (χ0v) is 16.5. The number of rotatable bonds is 6. The zero-order chi connectivity index (χ0) is 19.7. The van der Waals surface area contributed by atoms with Gasteiger partial charge in [-0.2, -0.15) is 18.3 Å². The number of hydrogen-bond acceptors (Lipinski definition) is 3. The van der Waals surface area contributed by atoms with Crippen LogP contribution >= 0.6 is 12.4 Å². The number of aromatic nitrogens is 2. The Balaban J connectivity index is 0.00000280. The summed E-state index contributed by atoms with van der Waals surface area (Å²) in [4.78, 5) is 12.6. The molecule has 2 aromatic rings. The largest absolute Gasteiger partial charge is 0.416 e. The molecule has 1 aromatic heterocycles. The average Bonchev–Trinajstić information content (AvgIpc) is 3.00. The van der Waals surface area contributed by atoms with Crippen LogP contribution in [0.5, 0.6) is 0 Å². The number of nitrogens with one attached hydrogen (secondary N) is 2. The lowest BCUT2D eigenvalue weighted by Gasteiger charge is -2.43. The van der Waals surface area contributed by atoms with Crippen molar-refractivity contribution in [2.75, 3.05) is 13.6 Å². The van der Waals surface area contributed by atoms with Crippen LogP contribution in [0, 0.1) is 0 Å². The normalized spacial score (nSPS) is 16.6. The van der Waals surface area contributed by atoms with Gasteiger partial charge in [0, 0.05) is 30.8 Å². The van der Waals surface area contributed by atoms with Gasteiger partial charge in [-0.25, -0.2) is 0 Å². The summed E-state index contributed by atoms with van der Waals surface area (Å²) in [6.07, 6.45) is 1.45. The first-order chi connectivity index (χ1) is 12.7. The molecule has 0 spiro atoms. The van der Waals surface area contributed by atoms with Crippen LogP contribution in [-0.4, -0.2) is 29.3 Å². The van der Waals surface area contributed by atoms with E-state index in [0.29, 0.717) is 12.1 Å². The van der Waals surface area contributed by atoms with Gasteiger partial charge in [-0.05, 0) is 31.5 Å². The Morgan fingerprint density at radius 3 is 2.57 bits per heavy atom. The van der Waals surface area contributed by atoms with E-state index in [9.17, 15) is 18.0 Å². The van der Waals surface area contributed by atoms with E-state index in [0.717, 1.165) is 30.9 Å². The Labute approximate surface area is 168 Å². The fraction of sp³-hybridized carbons (Fsp3) is 0.474. The van der Waals surface area contributed by atoms with E-state index in [1.165, 1.54) is 12.1 Å². The molecule has 1 aliphatic carbocycles. The molecule has 1 aliphatic rings. The van der Waals surface area contributed by atoms with Gasteiger partial charge in [0.1, 0.15) is 6.04 Å².